The molecule has 0 saturated heterocycles. The lowest BCUT2D eigenvalue weighted by molar-refractivity contribution is -0.190. The molecule has 2 N–H and O–H groups in total. The van der Waals surface area contributed by atoms with Crippen molar-refractivity contribution in [3.63, 3.8) is 0 Å². The van der Waals surface area contributed by atoms with E-state index in [4.69, 9.17) is 4.74 Å². The Hall–Kier alpha value is -1.92. The largest absolute Gasteiger partial charge is 0.479 e. The highest BCUT2D eigenvalue weighted by molar-refractivity contribution is 7.17. The summed E-state index contributed by atoms with van der Waals surface area (Å²) in [6.07, 6.45) is 0.0912. The van der Waals surface area contributed by atoms with Crippen LogP contribution in [-0.4, -0.2) is 35.2 Å². The number of ether oxygens (including phenoxy) is 1. The average Bonchev–Trinajstić information content (AvgIpc) is 3.00. The van der Waals surface area contributed by atoms with Crippen molar-refractivity contribution in [1.82, 2.24) is 5.32 Å². The normalized spacial score (nSPS) is 25.2. The molecule has 1 aromatic carbocycles. The molecule has 0 radical (unpaired) electrons. The second kappa shape index (κ2) is 5.86. The summed E-state index contributed by atoms with van der Waals surface area (Å²) in [5.41, 5.74) is -1.53. The van der Waals surface area contributed by atoms with Crippen LogP contribution in [0.4, 0.5) is 0 Å². The van der Waals surface area contributed by atoms with Crippen LogP contribution < -0.4 is 5.32 Å². The summed E-state index contributed by atoms with van der Waals surface area (Å²) in [7, 11) is 0. The first-order valence-corrected chi connectivity index (χ1v) is 8.84. The molecule has 1 aliphatic rings. The Bertz CT molecular complexity index is 797. The Labute approximate surface area is 144 Å². The Kier molecular flexibility index (Phi) is 4.13. The molecular formula is C18H21NO4S. The zero-order valence-corrected chi connectivity index (χ0v) is 14.8. The molecule has 2 unspecified atom stereocenters. The van der Waals surface area contributed by atoms with Gasteiger partial charge < -0.3 is 15.2 Å². The van der Waals surface area contributed by atoms with Crippen molar-refractivity contribution in [3.05, 3.63) is 35.2 Å². The van der Waals surface area contributed by atoms with Crippen LogP contribution in [0.1, 0.15) is 37.6 Å². The molecule has 1 aromatic heterocycles. The molecule has 0 bridgehead atoms. The molecule has 1 aliphatic carbocycles. The molecule has 128 valence electrons. The monoisotopic (exact) mass is 347 g/mol. The van der Waals surface area contributed by atoms with Gasteiger partial charge in [0.2, 0.25) is 0 Å². The predicted octanol–water partition coefficient (Wildman–Crippen LogP) is 3.29. The zero-order chi connectivity index (χ0) is 17.5. The lowest BCUT2D eigenvalue weighted by atomic mass is 9.54. The molecule has 1 saturated carbocycles. The van der Waals surface area contributed by atoms with Crippen LogP contribution in [0.3, 0.4) is 0 Å². The van der Waals surface area contributed by atoms with Crippen molar-refractivity contribution in [2.24, 2.45) is 5.41 Å². The van der Waals surface area contributed by atoms with Crippen LogP contribution in [0.25, 0.3) is 10.1 Å². The predicted molar refractivity (Wildman–Crippen MR) is 93.5 cm³/mol. The molecule has 1 fully saturated rings. The lowest BCUT2D eigenvalue weighted by Gasteiger charge is -2.58. The van der Waals surface area contributed by atoms with Gasteiger partial charge in [0.05, 0.1) is 6.10 Å². The highest BCUT2D eigenvalue weighted by Gasteiger charge is 2.66. The van der Waals surface area contributed by atoms with Gasteiger partial charge in [-0.25, -0.2) is 4.79 Å². The third-order valence-electron chi connectivity index (χ3n) is 5.17. The number of carboxylic acids is 1. The summed E-state index contributed by atoms with van der Waals surface area (Å²) >= 11 is 1.60. The number of hydrogen-bond acceptors (Lipinski definition) is 4. The number of carbonyl (C=O) groups excluding carboxylic acids is 1. The SMILES string of the molecule is CCOC1CC(NC(=O)c2ccc3sccc3c2)(C(=O)O)C1(C)C. The van der Waals surface area contributed by atoms with Crippen LogP contribution >= 0.6 is 11.3 Å². The summed E-state index contributed by atoms with van der Waals surface area (Å²) in [6, 6.07) is 7.36. The number of carbonyl (C=O) groups is 2. The van der Waals surface area contributed by atoms with Crippen molar-refractivity contribution in [3.8, 4) is 0 Å². The van der Waals surface area contributed by atoms with Gasteiger partial charge in [0.1, 0.15) is 5.54 Å². The molecule has 3 rings (SSSR count). The fraction of sp³-hybridized carbons (Fsp3) is 0.444. The van der Waals surface area contributed by atoms with E-state index < -0.39 is 16.9 Å². The highest BCUT2D eigenvalue weighted by Crippen LogP contribution is 2.51. The summed E-state index contributed by atoms with van der Waals surface area (Å²) < 4.78 is 6.72. The van der Waals surface area contributed by atoms with Crippen molar-refractivity contribution < 1.29 is 19.4 Å². The van der Waals surface area contributed by atoms with Gasteiger partial charge in [0.15, 0.2) is 0 Å². The summed E-state index contributed by atoms with van der Waals surface area (Å²) in [5, 5.41) is 15.5. The smallest absolute Gasteiger partial charge is 0.330 e. The van der Waals surface area contributed by atoms with Crippen LogP contribution in [0.2, 0.25) is 0 Å². The standard InChI is InChI=1S/C18H21NO4S/c1-4-23-14-10-18(16(21)22,17(14,2)3)19-15(20)12-5-6-13-11(9-12)7-8-24-13/h5-9,14H,4,10H2,1-3H3,(H,19,20)(H,21,22). The van der Waals surface area contributed by atoms with Crippen molar-refractivity contribution in [2.75, 3.05) is 6.61 Å². The van der Waals surface area contributed by atoms with E-state index in [0.717, 1.165) is 10.1 Å². The Morgan fingerprint density at radius 1 is 1.38 bits per heavy atom. The summed E-state index contributed by atoms with van der Waals surface area (Å²) in [6.45, 7) is 6.05. The number of benzene rings is 1. The molecule has 2 atom stereocenters. The second-order valence-electron chi connectivity index (χ2n) is 6.71. The van der Waals surface area contributed by atoms with E-state index in [0.29, 0.717) is 12.2 Å². The molecule has 24 heavy (non-hydrogen) atoms. The van der Waals surface area contributed by atoms with Crippen LogP contribution in [0, 0.1) is 5.41 Å². The number of amides is 1. The topological polar surface area (TPSA) is 75.6 Å². The maximum absolute atomic E-state index is 12.7. The molecule has 0 aliphatic heterocycles. The Morgan fingerprint density at radius 3 is 2.75 bits per heavy atom. The van der Waals surface area contributed by atoms with Gasteiger partial charge >= 0.3 is 5.97 Å². The molecule has 5 nitrogen and oxygen atoms in total. The number of fused-ring (bicyclic) bond motifs is 1. The first-order chi connectivity index (χ1) is 11.3. The van der Waals surface area contributed by atoms with Gasteiger partial charge in [-0.2, -0.15) is 0 Å². The lowest BCUT2D eigenvalue weighted by Crippen LogP contribution is -2.76. The summed E-state index contributed by atoms with van der Waals surface area (Å²) in [4.78, 5) is 24.6. The molecule has 1 amide bonds. The number of hydrogen-bond donors (Lipinski definition) is 2. The first kappa shape index (κ1) is 16.9. The summed E-state index contributed by atoms with van der Waals surface area (Å²) in [5.74, 6) is -1.39. The molecule has 2 aromatic rings. The number of thiophene rings is 1. The average molecular weight is 347 g/mol. The van der Waals surface area contributed by atoms with Crippen molar-refractivity contribution in [2.45, 2.75) is 38.8 Å². The minimum Gasteiger partial charge on any atom is -0.479 e. The number of carboxylic acid groups (broad SMARTS) is 1. The Morgan fingerprint density at radius 2 is 2.12 bits per heavy atom. The van der Waals surface area contributed by atoms with E-state index in [1.54, 1.807) is 23.5 Å². The fourth-order valence-electron chi connectivity index (χ4n) is 3.41. The Balaban J connectivity index is 1.86. The molecule has 0 spiro atoms. The van der Waals surface area contributed by atoms with Gasteiger partial charge in [-0.1, -0.05) is 13.8 Å². The number of aliphatic carboxylic acids is 1. The van der Waals surface area contributed by atoms with E-state index in [9.17, 15) is 14.7 Å². The number of nitrogens with one attached hydrogen (secondary N) is 1. The number of rotatable bonds is 5. The highest BCUT2D eigenvalue weighted by atomic mass is 32.1. The van der Waals surface area contributed by atoms with Crippen molar-refractivity contribution >= 4 is 33.3 Å². The minimum atomic E-state index is -1.31. The maximum Gasteiger partial charge on any atom is 0.330 e. The second-order valence-corrected chi connectivity index (χ2v) is 7.66. The van der Waals surface area contributed by atoms with E-state index in [-0.39, 0.29) is 18.4 Å². The fourth-order valence-corrected chi connectivity index (χ4v) is 4.18. The molecule has 1 heterocycles. The van der Waals surface area contributed by atoms with Gasteiger partial charge in [0.25, 0.3) is 5.91 Å². The van der Waals surface area contributed by atoms with E-state index >= 15 is 0 Å². The van der Waals surface area contributed by atoms with E-state index in [1.165, 1.54) is 0 Å². The van der Waals surface area contributed by atoms with Gasteiger partial charge in [-0.15, -0.1) is 11.3 Å². The third kappa shape index (κ3) is 2.41. The zero-order valence-electron chi connectivity index (χ0n) is 14.0. The molecular weight excluding hydrogens is 326 g/mol. The first-order valence-electron chi connectivity index (χ1n) is 7.96. The van der Waals surface area contributed by atoms with Crippen LogP contribution in [0.5, 0.6) is 0 Å². The van der Waals surface area contributed by atoms with E-state index in [2.05, 4.69) is 5.32 Å². The molecule has 6 heteroatoms. The van der Waals surface area contributed by atoms with Gasteiger partial charge in [-0.05, 0) is 42.0 Å². The van der Waals surface area contributed by atoms with Gasteiger partial charge in [0, 0.05) is 28.7 Å². The quantitative estimate of drug-likeness (QED) is 0.870. The van der Waals surface area contributed by atoms with Crippen LogP contribution in [-0.2, 0) is 9.53 Å². The third-order valence-corrected chi connectivity index (χ3v) is 6.07. The van der Waals surface area contributed by atoms with Crippen molar-refractivity contribution in [1.29, 1.82) is 0 Å². The van der Waals surface area contributed by atoms with Crippen LogP contribution in [0.15, 0.2) is 29.6 Å². The maximum atomic E-state index is 12.7. The van der Waals surface area contributed by atoms with Gasteiger partial charge in [-0.3, -0.25) is 4.79 Å². The van der Waals surface area contributed by atoms with E-state index in [1.807, 2.05) is 38.3 Å². The minimum absolute atomic E-state index is 0.182.